The fourth-order valence-corrected chi connectivity index (χ4v) is 5.66. The van der Waals surface area contributed by atoms with E-state index in [2.05, 4.69) is 9.38 Å². The summed E-state index contributed by atoms with van der Waals surface area (Å²) in [7, 11) is 0. The van der Waals surface area contributed by atoms with E-state index in [4.69, 9.17) is 20.2 Å². The van der Waals surface area contributed by atoms with E-state index in [1.165, 1.54) is 0 Å². The molecular formula is C30H33N5O3. The second kappa shape index (κ2) is 10.8. The molecule has 38 heavy (non-hydrogen) atoms. The molecule has 0 bridgehead atoms. The number of nitrogens with two attached hydrogens (primary N) is 1. The molecule has 0 atom stereocenters. The number of morpholine rings is 1. The number of carbonyl (C=O) groups is 1. The van der Waals surface area contributed by atoms with E-state index in [-0.39, 0.29) is 17.7 Å². The van der Waals surface area contributed by atoms with Crippen LogP contribution in [-0.2, 0) is 16.1 Å². The lowest BCUT2D eigenvalue weighted by atomic mass is 9.81. The van der Waals surface area contributed by atoms with Crippen molar-refractivity contribution in [2.75, 3.05) is 32.0 Å². The van der Waals surface area contributed by atoms with Crippen LogP contribution in [0.1, 0.15) is 43.0 Å². The lowest BCUT2D eigenvalue weighted by Gasteiger charge is -2.33. The quantitative estimate of drug-likeness (QED) is 0.404. The molecule has 3 heterocycles. The number of rotatable bonds is 6. The Bertz CT molecular complexity index is 1410. The number of hydrogen-bond acceptors (Lipinski definition) is 6. The van der Waals surface area contributed by atoms with Gasteiger partial charge in [0.2, 0.25) is 5.91 Å². The molecule has 0 radical (unpaired) electrons. The summed E-state index contributed by atoms with van der Waals surface area (Å²) in [6.45, 7) is 3.19. The van der Waals surface area contributed by atoms with Gasteiger partial charge in [0.1, 0.15) is 24.0 Å². The second-order valence-corrected chi connectivity index (χ2v) is 10.2. The predicted molar refractivity (Wildman–Crippen MR) is 146 cm³/mol. The predicted octanol–water partition coefficient (Wildman–Crippen LogP) is 4.69. The highest BCUT2D eigenvalue weighted by molar-refractivity contribution is 5.79. The SMILES string of the molecule is Nc1cn2c(C3CCC(C(=O)N4CCOCC4)CC3)ncc2c(-c2cccc(OCc3ccccc3)c2)n1. The summed E-state index contributed by atoms with van der Waals surface area (Å²) in [5, 5.41) is 0. The number of benzene rings is 2. The molecule has 1 saturated heterocycles. The van der Waals surface area contributed by atoms with Crippen LogP contribution in [0.25, 0.3) is 16.8 Å². The molecule has 2 aromatic heterocycles. The molecule has 1 saturated carbocycles. The molecule has 2 aliphatic rings. The smallest absolute Gasteiger partial charge is 0.225 e. The highest BCUT2D eigenvalue weighted by Gasteiger charge is 2.32. The average Bonchev–Trinajstić information content (AvgIpc) is 3.40. The van der Waals surface area contributed by atoms with Crippen LogP contribution in [-0.4, -0.2) is 51.5 Å². The van der Waals surface area contributed by atoms with Gasteiger partial charge in [0.25, 0.3) is 0 Å². The summed E-state index contributed by atoms with van der Waals surface area (Å²) in [5.74, 6) is 2.86. The maximum Gasteiger partial charge on any atom is 0.225 e. The van der Waals surface area contributed by atoms with Crippen molar-refractivity contribution in [2.24, 2.45) is 5.92 Å². The zero-order valence-corrected chi connectivity index (χ0v) is 21.5. The van der Waals surface area contributed by atoms with Crippen LogP contribution in [0.3, 0.4) is 0 Å². The van der Waals surface area contributed by atoms with Gasteiger partial charge in [-0.05, 0) is 43.4 Å². The molecule has 1 aliphatic carbocycles. The van der Waals surface area contributed by atoms with Gasteiger partial charge >= 0.3 is 0 Å². The van der Waals surface area contributed by atoms with Crippen LogP contribution in [0.15, 0.2) is 67.0 Å². The molecule has 6 rings (SSSR count). The first-order chi connectivity index (χ1) is 18.7. The third kappa shape index (κ3) is 5.09. The summed E-state index contributed by atoms with van der Waals surface area (Å²) in [6, 6.07) is 18.1. The van der Waals surface area contributed by atoms with Crippen molar-refractivity contribution in [1.82, 2.24) is 19.3 Å². The Morgan fingerprint density at radius 3 is 2.61 bits per heavy atom. The number of carbonyl (C=O) groups excluding carboxylic acids is 1. The highest BCUT2D eigenvalue weighted by Crippen LogP contribution is 2.37. The monoisotopic (exact) mass is 511 g/mol. The standard InChI is InChI=1S/C30H33N5O3/c31-27-19-35-26(28(33-27)24-7-4-8-25(17-24)38-20-21-5-2-1-3-6-21)18-32-29(35)22-9-11-23(12-10-22)30(36)34-13-15-37-16-14-34/h1-8,17-19,22-23H,9-16,20,31H2. The van der Waals surface area contributed by atoms with Crippen LogP contribution < -0.4 is 10.5 Å². The van der Waals surface area contributed by atoms with Crippen molar-refractivity contribution in [3.63, 3.8) is 0 Å². The first-order valence-electron chi connectivity index (χ1n) is 13.4. The third-order valence-electron chi connectivity index (χ3n) is 7.69. The Morgan fingerprint density at radius 1 is 1.03 bits per heavy atom. The van der Waals surface area contributed by atoms with E-state index in [1.807, 2.05) is 71.9 Å². The fraction of sp³-hybridized carbons (Fsp3) is 0.367. The Labute approximate surface area is 222 Å². The molecule has 2 fully saturated rings. The molecule has 4 aromatic rings. The van der Waals surface area contributed by atoms with Crippen molar-refractivity contribution in [3.8, 4) is 17.0 Å². The van der Waals surface area contributed by atoms with Crippen LogP contribution in [0, 0.1) is 5.92 Å². The van der Waals surface area contributed by atoms with E-state index in [0.29, 0.717) is 38.7 Å². The molecule has 0 spiro atoms. The van der Waals surface area contributed by atoms with E-state index < -0.39 is 0 Å². The number of fused-ring (bicyclic) bond motifs is 1. The van der Waals surface area contributed by atoms with Crippen molar-refractivity contribution >= 4 is 17.2 Å². The summed E-state index contributed by atoms with van der Waals surface area (Å²) in [4.78, 5) is 24.4. The first kappa shape index (κ1) is 24.4. The lowest BCUT2D eigenvalue weighted by molar-refractivity contribution is -0.140. The Morgan fingerprint density at radius 2 is 1.82 bits per heavy atom. The van der Waals surface area contributed by atoms with Gasteiger partial charge in [-0.3, -0.25) is 9.20 Å². The van der Waals surface area contributed by atoms with Gasteiger partial charge in [0, 0.05) is 30.5 Å². The van der Waals surface area contributed by atoms with Crippen LogP contribution >= 0.6 is 0 Å². The summed E-state index contributed by atoms with van der Waals surface area (Å²) >= 11 is 0. The number of nitrogens with zero attached hydrogens (tertiary/aromatic N) is 4. The van der Waals surface area contributed by atoms with E-state index in [1.54, 1.807) is 0 Å². The molecule has 1 amide bonds. The minimum atomic E-state index is 0.0940. The highest BCUT2D eigenvalue weighted by atomic mass is 16.5. The number of aromatic nitrogens is 3. The molecule has 2 N–H and O–H groups in total. The van der Waals surface area contributed by atoms with Gasteiger partial charge in [-0.1, -0.05) is 42.5 Å². The molecule has 0 unspecified atom stereocenters. The second-order valence-electron chi connectivity index (χ2n) is 10.2. The topological polar surface area (TPSA) is 95.0 Å². The van der Waals surface area contributed by atoms with Gasteiger partial charge in [0.05, 0.1) is 36.8 Å². The average molecular weight is 512 g/mol. The van der Waals surface area contributed by atoms with Crippen LogP contribution in [0.2, 0.25) is 0 Å². The first-order valence-corrected chi connectivity index (χ1v) is 13.4. The van der Waals surface area contributed by atoms with E-state index in [9.17, 15) is 4.79 Å². The van der Waals surface area contributed by atoms with Crippen LogP contribution in [0.5, 0.6) is 5.75 Å². The summed E-state index contributed by atoms with van der Waals surface area (Å²) in [5.41, 5.74) is 10.0. The van der Waals surface area contributed by atoms with Crippen molar-refractivity contribution in [3.05, 3.63) is 78.4 Å². The molecular weight excluding hydrogens is 478 g/mol. The number of nitrogen functional groups attached to an aromatic ring is 1. The zero-order valence-electron chi connectivity index (χ0n) is 21.5. The summed E-state index contributed by atoms with van der Waals surface area (Å²) < 4.78 is 13.5. The maximum atomic E-state index is 13.0. The van der Waals surface area contributed by atoms with Crippen molar-refractivity contribution in [2.45, 2.75) is 38.2 Å². The molecule has 8 nitrogen and oxygen atoms in total. The lowest BCUT2D eigenvalue weighted by Crippen LogP contribution is -2.44. The Kier molecular flexibility index (Phi) is 6.96. The number of amides is 1. The normalized spacial score (nSPS) is 19.9. The number of anilines is 1. The number of ether oxygens (including phenoxy) is 2. The number of imidazole rings is 1. The summed E-state index contributed by atoms with van der Waals surface area (Å²) in [6.07, 6.45) is 7.37. The fourth-order valence-electron chi connectivity index (χ4n) is 5.66. The van der Waals surface area contributed by atoms with Crippen molar-refractivity contribution < 1.29 is 14.3 Å². The minimum Gasteiger partial charge on any atom is -0.489 e. The maximum absolute atomic E-state index is 13.0. The zero-order chi connectivity index (χ0) is 25.9. The van der Waals surface area contributed by atoms with Gasteiger partial charge in [-0.25, -0.2) is 9.97 Å². The molecule has 1 aliphatic heterocycles. The van der Waals surface area contributed by atoms with Gasteiger partial charge in [-0.15, -0.1) is 0 Å². The number of hydrogen-bond donors (Lipinski definition) is 1. The van der Waals surface area contributed by atoms with E-state index >= 15 is 0 Å². The molecule has 8 heteroatoms. The van der Waals surface area contributed by atoms with Gasteiger partial charge < -0.3 is 20.1 Å². The molecule has 196 valence electrons. The largest absolute Gasteiger partial charge is 0.489 e. The van der Waals surface area contributed by atoms with Crippen molar-refractivity contribution in [1.29, 1.82) is 0 Å². The molecule has 2 aromatic carbocycles. The van der Waals surface area contributed by atoms with E-state index in [0.717, 1.165) is 59.6 Å². The van der Waals surface area contributed by atoms with Gasteiger partial charge in [-0.2, -0.15) is 0 Å². The minimum absolute atomic E-state index is 0.0940. The van der Waals surface area contributed by atoms with Crippen LogP contribution in [0.4, 0.5) is 5.82 Å². The Hall–Kier alpha value is -3.91. The Balaban J connectivity index is 1.20. The third-order valence-corrected chi connectivity index (χ3v) is 7.69. The van der Waals surface area contributed by atoms with Gasteiger partial charge in [0.15, 0.2) is 0 Å².